The number of rotatable bonds is 1. The van der Waals surface area contributed by atoms with Crippen LogP contribution in [-0.4, -0.2) is 9.97 Å². The summed E-state index contributed by atoms with van der Waals surface area (Å²) >= 11 is 3.33. The molecule has 1 aromatic heterocycles. The van der Waals surface area contributed by atoms with E-state index < -0.39 is 0 Å². The van der Waals surface area contributed by atoms with Crippen LogP contribution in [-0.2, 0) is 5.41 Å². The Morgan fingerprint density at radius 1 is 1.16 bits per heavy atom. The summed E-state index contributed by atoms with van der Waals surface area (Å²) in [6.07, 6.45) is 0. The van der Waals surface area contributed by atoms with E-state index in [1.807, 2.05) is 52.0 Å². The number of nitrogens with one attached hydrogen (secondary N) is 1. The zero-order valence-electron chi connectivity index (χ0n) is 11.5. The van der Waals surface area contributed by atoms with Gasteiger partial charge in [-0.05, 0) is 22.9 Å². The number of nitrogens with zero attached hydrogens (tertiary/aromatic N) is 1. The summed E-state index contributed by atoms with van der Waals surface area (Å²) in [4.78, 5) is 19.4. The van der Waals surface area contributed by atoms with Gasteiger partial charge in [0.15, 0.2) is 0 Å². The van der Waals surface area contributed by atoms with Crippen LogP contribution in [0, 0.1) is 6.92 Å². The van der Waals surface area contributed by atoms with Gasteiger partial charge in [-0.15, -0.1) is 0 Å². The van der Waals surface area contributed by atoms with Crippen molar-refractivity contribution in [3.8, 4) is 11.4 Å². The standard InChI is InChI=1S/C15H17BrN2O/c1-9-5-7-10(8-6-9)13-17-12(15(2,3)4)11(16)14(19)18-13/h5-8H,1-4H3,(H,17,18,19). The van der Waals surface area contributed by atoms with Crippen LogP contribution >= 0.6 is 15.9 Å². The van der Waals surface area contributed by atoms with Gasteiger partial charge in [-0.25, -0.2) is 4.98 Å². The van der Waals surface area contributed by atoms with Gasteiger partial charge in [0.05, 0.1) is 5.69 Å². The molecule has 100 valence electrons. The monoisotopic (exact) mass is 320 g/mol. The summed E-state index contributed by atoms with van der Waals surface area (Å²) in [6.45, 7) is 8.15. The normalized spacial score (nSPS) is 11.6. The number of H-pyrrole nitrogens is 1. The molecule has 2 aromatic rings. The third kappa shape index (κ3) is 2.95. The smallest absolute Gasteiger partial charge is 0.265 e. The molecule has 0 saturated heterocycles. The molecule has 0 aliphatic heterocycles. The molecule has 1 aromatic carbocycles. The average Bonchev–Trinajstić information content (AvgIpc) is 2.32. The van der Waals surface area contributed by atoms with Crippen molar-refractivity contribution in [3.63, 3.8) is 0 Å². The minimum atomic E-state index is -0.188. The number of benzene rings is 1. The molecule has 3 nitrogen and oxygen atoms in total. The number of aromatic nitrogens is 2. The third-order valence-electron chi connectivity index (χ3n) is 2.90. The van der Waals surface area contributed by atoms with Crippen LogP contribution in [0.4, 0.5) is 0 Å². The van der Waals surface area contributed by atoms with E-state index in [4.69, 9.17) is 0 Å². The molecule has 4 heteroatoms. The minimum Gasteiger partial charge on any atom is -0.306 e. The molecule has 1 heterocycles. The van der Waals surface area contributed by atoms with Crippen molar-refractivity contribution in [2.75, 3.05) is 0 Å². The largest absolute Gasteiger partial charge is 0.306 e. The van der Waals surface area contributed by atoms with E-state index >= 15 is 0 Å². The van der Waals surface area contributed by atoms with Crippen LogP contribution in [0.25, 0.3) is 11.4 Å². The average molecular weight is 321 g/mol. The topological polar surface area (TPSA) is 45.8 Å². The van der Waals surface area contributed by atoms with Gasteiger partial charge in [0.1, 0.15) is 10.3 Å². The first-order valence-corrected chi connectivity index (χ1v) is 6.95. The highest BCUT2D eigenvalue weighted by molar-refractivity contribution is 9.10. The van der Waals surface area contributed by atoms with Crippen molar-refractivity contribution in [2.24, 2.45) is 0 Å². The zero-order valence-corrected chi connectivity index (χ0v) is 13.1. The second-order valence-electron chi connectivity index (χ2n) is 5.69. The summed E-state index contributed by atoms with van der Waals surface area (Å²) in [5, 5.41) is 0. The fourth-order valence-electron chi connectivity index (χ4n) is 1.80. The maximum absolute atomic E-state index is 12.0. The van der Waals surface area contributed by atoms with Gasteiger partial charge in [0.25, 0.3) is 5.56 Å². The van der Waals surface area contributed by atoms with Crippen molar-refractivity contribution >= 4 is 15.9 Å². The maximum atomic E-state index is 12.0. The highest BCUT2D eigenvalue weighted by atomic mass is 79.9. The molecule has 1 N–H and O–H groups in total. The Hall–Kier alpha value is -1.42. The molecule has 0 bridgehead atoms. The molecule has 0 aliphatic rings. The SMILES string of the molecule is Cc1ccc(-c2nc(C(C)(C)C)c(Br)c(=O)[nH]2)cc1. The molecule has 0 saturated carbocycles. The van der Waals surface area contributed by atoms with Gasteiger partial charge in [0.2, 0.25) is 0 Å². The first kappa shape index (κ1) is 14.0. The van der Waals surface area contributed by atoms with E-state index in [-0.39, 0.29) is 11.0 Å². The lowest BCUT2D eigenvalue weighted by Crippen LogP contribution is -2.22. The summed E-state index contributed by atoms with van der Waals surface area (Å²) < 4.78 is 0.510. The van der Waals surface area contributed by atoms with Crippen molar-refractivity contribution in [3.05, 3.63) is 50.3 Å². The predicted molar refractivity (Wildman–Crippen MR) is 81.4 cm³/mol. The van der Waals surface area contributed by atoms with Crippen LogP contribution in [0.15, 0.2) is 33.5 Å². The van der Waals surface area contributed by atoms with E-state index in [1.165, 1.54) is 5.56 Å². The van der Waals surface area contributed by atoms with Crippen molar-refractivity contribution in [1.82, 2.24) is 9.97 Å². The van der Waals surface area contributed by atoms with Crippen LogP contribution in [0.2, 0.25) is 0 Å². The van der Waals surface area contributed by atoms with E-state index in [0.717, 1.165) is 11.3 Å². The number of aromatic amines is 1. The minimum absolute atomic E-state index is 0.143. The first-order valence-electron chi connectivity index (χ1n) is 6.16. The molecule has 0 aliphatic carbocycles. The van der Waals surface area contributed by atoms with Gasteiger partial charge < -0.3 is 4.98 Å². The Morgan fingerprint density at radius 2 is 1.74 bits per heavy atom. The van der Waals surface area contributed by atoms with E-state index in [2.05, 4.69) is 25.9 Å². The van der Waals surface area contributed by atoms with Crippen molar-refractivity contribution in [2.45, 2.75) is 33.1 Å². The summed E-state index contributed by atoms with van der Waals surface area (Å²) in [6, 6.07) is 7.95. The van der Waals surface area contributed by atoms with Crippen LogP contribution < -0.4 is 5.56 Å². The Kier molecular flexibility index (Phi) is 3.63. The fraction of sp³-hybridized carbons (Fsp3) is 0.333. The first-order chi connectivity index (χ1) is 8.79. The molecular formula is C15H17BrN2O. The number of hydrogen-bond acceptors (Lipinski definition) is 2. The van der Waals surface area contributed by atoms with Crippen molar-refractivity contribution in [1.29, 1.82) is 0 Å². The van der Waals surface area contributed by atoms with Gasteiger partial charge >= 0.3 is 0 Å². The molecule has 19 heavy (non-hydrogen) atoms. The molecule has 2 rings (SSSR count). The van der Waals surface area contributed by atoms with Crippen LogP contribution in [0.5, 0.6) is 0 Å². The van der Waals surface area contributed by atoms with Gasteiger partial charge in [-0.2, -0.15) is 0 Å². The molecule has 0 fully saturated rings. The predicted octanol–water partition coefficient (Wildman–Crippen LogP) is 3.81. The molecule has 0 atom stereocenters. The maximum Gasteiger partial charge on any atom is 0.265 e. The molecule has 0 unspecified atom stereocenters. The van der Waals surface area contributed by atoms with Gasteiger partial charge in [-0.3, -0.25) is 4.79 Å². The molecule has 0 radical (unpaired) electrons. The lowest BCUT2D eigenvalue weighted by Gasteiger charge is -2.19. The summed E-state index contributed by atoms with van der Waals surface area (Å²) in [7, 11) is 0. The Bertz CT molecular complexity index is 651. The second-order valence-corrected chi connectivity index (χ2v) is 6.49. The number of aryl methyl sites for hydroxylation is 1. The van der Waals surface area contributed by atoms with Crippen LogP contribution in [0.3, 0.4) is 0 Å². The van der Waals surface area contributed by atoms with E-state index in [0.29, 0.717) is 10.3 Å². The highest BCUT2D eigenvalue weighted by Crippen LogP contribution is 2.27. The lowest BCUT2D eigenvalue weighted by molar-refractivity contribution is 0.562. The second kappa shape index (κ2) is 4.93. The zero-order chi connectivity index (χ0) is 14.2. The third-order valence-corrected chi connectivity index (χ3v) is 3.63. The van der Waals surface area contributed by atoms with Gasteiger partial charge in [-0.1, -0.05) is 50.6 Å². The van der Waals surface area contributed by atoms with Crippen LogP contribution in [0.1, 0.15) is 32.0 Å². The Morgan fingerprint density at radius 3 is 2.26 bits per heavy atom. The molecule has 0 amide bonds. The Labute approximate surface area is 121 Å². The molecule has 0 spiro atoms. The number of hydrogen-bond donors (Lipinski definition) is 1. The van der Waals surface area contributed by atoms with Crippen molar-refractivity contribution < 1.29 is 0 Å². The van der Waals surface area contributed by atoms with Gasteiger partial charge in [0, 0.05) is 11.0 Å². The highest BCUT2D eigenvalue weighted by Gasteiger charge is 2.22. The fourth-order valence-corrected chi connectivity index (χ4v) is 2.59. The summed E-state index contributed by atoms with van der Waals surface area (Å²) in [5.41, 5.74) is 2.54. The lowest BCUT2D eigenvalue weighted by atomic mass is 9.92. The quantitative estimate of drug-likeness (QED) is 0.868. The summed E-state index contributed by atoms with van der Waals surface area (Å²) in [5.74, 6) is 0.609. The van der Waals surface area contributed by atoms with E-state index in [9.17, 15) is 4.79 Å². The molecular weight excluding hydrogens is 304 g/mol. The van der Waals surface area contributed by atoms with E-state index in [1.54, 1.807) is 0 Å². The Balaban J connectivity index is 2.63. The number of halogens is 1.